The molecule has 0 aliphatic carbocycles. The van der Waals surface area contributed by atoms with Crippen molar-refractivity contribution >= 4 is 34.6 Å². The molecule has 0 radical (unpaired) electrons. The van der Waals surface area contributed by atoms with Crippen molar-refractivity contribution in [2.45, 2.75) is 0 Å². The summed E-state index contributed by atoms with van der Waals surface area (Å²) in [5.74, 6) is 0.615. The Morgan fingerprint density at radius 1 is 1.16 bits per heavy atom. The quantitative estimate of drug-likeness (QED) is 0.317. The van der Waals surface area contributed by atoms with Gasteiger partial charge in [0.05, 0.1) is 47.9 Å². The predicted octanol–water partition coefficient (Wildman–Crippen LogP) is 2.48. The third kappa shape index (κ3) is 4.87. The van der Waals surface area contributed by atoms with Crippen LogP contribution in [0.1, 0.15) is 14.6 Å². The zero-order valence-electron chi connectivity index (χ0n) is 23.5. The summed E-state index contributed by atoms with van der Waals surface area (Å²) in [4.78, 5) is 23.6. The van der Waals surface area contributed by atoms with Gasteiger partial charge < -0.3 is 25.6 Å². The highest BCUT2D eigenvalue weighted by Crippen LogP contribution is 2.37. The number of carbonyl (C=O) groups excluding carboxylic acids is 1. The van der Waals surface area contributed by atoms with Crippen LogP contribution in [0.4, 0.5) is 28.7 Å². The van der Waals surface area contributed by atoms with Gasteiger partial charge in [-0.05, 0) is 24.3 Å². The number of hydrogen-bond acceptors (Lipinski definition) is 11. The molecule has 1 amide bonds. The fraction of sp³-hybridized carbons (Fsp3) is 0.240. The summed E-state index contributed by atoms with van der Waals surface area (Å²) in [5.41, 5.74) is 1.85. The van der Waals surface area contributed by atoms with Crippen LogP contribution < -0.4 is 25.6 Å². The largest absolute Gasteiger partial charge is 0.494 e. The number of nitrogens with one attached hydrogen (secondary N) is 3. The Hall–Kier alpha value is -5.25. The number of aromatic nitrogens is 6. The van der Waals surface area contributed by atoms with Crippen LogP contribution in [-0.4, -0.2) is 63.0 Å². The normalized spacial score (nSPS) is 14.3. The van der Waals surface area contributed by atoms with Crippen molar-refractivity contribution < 1.29 is 13.6 Å². The Balaban J connectivity index is 1.45. The lowest BCUT2D eigenvalue weighted by Gasteiger charge is -2.37. The first kappa shape index (κ1) is 20.9. The summed E-state index contributed by atoms with van der Waals surface area (Å²) in [7, 11) is 3.23. The van der Waals surface area contributed by atoms with Crippen LogP contribution in [0.5, 0.6) is 5.75 Å². The van der Waals surface area contributed by atoms with Gasteiger partial charge in [0.2, 0.25) is 0 Å². The molecule has 192 valence electrons. The van der Waals surface area contributed by atoms with E-state index in [1.54, 1.807) is 48.5 Å². The minimum atomic E-state index is -2.73. The molecular weight excluding hydrogens is 486 g/mol. The molecule has 1 aromatic carbocycles. The van der Waals surface area contributed by atoms with Crippen LogP contribution in [0, 0.1) is 17.2 Å². The van der Waals surface area contributed by atoms with Crippen molar-refractivity contribution in [2.75, 3.05) is 42.7 Å². The van der Waals surface area contributed by atoms with E-state index in [-0.39, 0.29) is 23.1 Å². The standard InChI is InChI=1S/C25H25N11O2/c1-27-25(37)22-19(30-18-6-4-5-17(23(18)38-3)24-29-14-35(2)34-24)9-21(32-33-22)31-20-8-7-16(11-28-20)36-12-15(10-26)13-36/h4-9,11,14-15H,12-13H2,1-3H3,(H,27,37)(H2,28,30,31,32)/i1D3. The number of benzene rings is 1. The van der Waals surface area contributed by atoms with Crippen molar-refractivity contribution in [3.05, 3.63) is 54.6 Å². The van der Waals surface area contributed by atoms with E-state index < -0.39 is 12.9 Å². The number of ether oxygens (including phenoxy) is 1. The highest BCUT2D eigenvalue weighted by molar-refractivity contribution is 5.99. The van der Waals surface area contributed by atoms with Gasteiger partial charge in [0.25, 0.3) is 5.91 Å². The average molecular weight is 515 g/mol. The van der Waals surface area contributed by atoms with Gasteiger partial charge in [-0.1, -0.05) is 6.07 Å². The Morgan fingerprint density at radius 3 is 2.71 bits per heavy atom. The maximum Gasteiger partial charge on any atom is 0.273 e. The van der Waals surface area contributed by atoms with E-state index in [1.165, 1.54) is 13.2 Å². The maximum absolute atomic E-state index is 12.8. The van der Waals surface area contributed by atoms with E-state index in [1.807, 2.05) is 16.3 Å². The third-order valence-electron chi connectivity index (χ3n) is 5.88. The van der Waals surface area contributed by atoms with Gasteiger partial charge in [-0.3, -0.25) is 9.48 Å². The first-order valence-electron chi connectivity index (χ1n) is 13.0. The molecule has 38 heavy (non-hydrogen) atoms. The monoisotopic (exact) mass is 514 g/mol. The molecule has 4 heterocycles. The van der Waals surface area contributed by atoms with Gasteiger partial charge in [0.15, 0.2) is 23.1 Å². The average Bonchev–Trinajstić information content (AvgIpc) is 3.34. The molecular formula is C25H25N11O2. The van der Waals surface area contributed by atoms with E-state index in [2.05, 4.69) is 42.0 Å². The Kier molecular flexibility index (Phi) is 5.71. The van der Waals surface area contributed by atoms with Crippen molar-refractivity contribution in [2.24, 2.45) is 13.0 Å². The molecule has 13 heteroatoms. The van der Waals surface area contributed by atoms with E-state index in [4.69, 9.17) is 14.1 Å². The number of hydrogen-bond donors (Lipinski definition) is 3. The number of nitriles is 1. The second-order valence-corrected chi connectivity index (χ2v) is 8.46. The molecule has 1 aliphatic heterocycles. The number of pyridine rings is 1. The van der Waals surface area contributed by atoms with Gasteiger partial charge >= 0.3 is 0 Å². The number of aryl methyl sites for hydroxylation is 1. The van der Waals surface area contributed by atoms with Gasteiger partial charge in [-0.25, -0.2) is 9.97 Å². The number of nitrogens with zero attached hydrogens (tertiary/aromatic N) is 8. The second kappa shape index (κ2) is 10.4. The Bertz CT molecular complexity index is 1610. The second-order valence-electron chi connectivity index (χ2n) is 8.46. The van der Waals surface area contributed by atoms with Crippen LogP contribution in [0.15, 0.2) is 48.9 Å². The third-order valence-corrected chi connectivity index (χ3v) is 5.88. The summed E-state index contributed by atoms with van der Waals surface area (Å²) in [5, 5.41) is 29.5. The first-order valence-corrected chi connectivity index (χ1v) is 11.5. The SMILES string of the molecule is [2H]C([2H])([2H])NC(=O)c1nnc(Nc2ccc(N3CC(C#N)C3)cn2)cc1Nc1cccc(-c2ncn(C)n2)c1OC. The van der Waals surface area contributed by atoms with Gasteiger partial charge in [-0.15, -0.1) is 10.2 Å². The summed E-state index contributed by atoms with van der Waals surface area (Å²) < 4.78 is 29.5. The van der Waals surface area contributed by atoms with Crippen molar-refractivity contribution in [1.82, 2.24) is 35.3 Å². The molecule has 1 fully saturated rings. The molecule has 3 N–H and O–H groups in total. The fourth-order valence-corrected chi connectivity index (χ4v) is 3.96. The molecule has 0 atom stereocenters. The fourth-order valence-electron chi connectivity index (χ4n) is 3.96. The topological polar surface area (TPSA) is 159 Å². The van der Waals surface area contributed by atoms with Crippen molar-refractivity contribution in [3.8, 4) is 23.2 Å². The lowest BCUT2D eigenvalue weighted by molar-refractivity contribution is 0.0958. The highest BCUT2D eigenvalue weighted by atomic mass is 16.5. The van der Waals surface area contributed by atoms with Gasteiger partial charge in [-0.2, -0.15) is 10.4 Å². The summed E-state index contributed by atoms with van der Waals surface area (Å²) in [6.07, 6.45) is 3.24. The van der Waals surface area contributed by atoms with Crippen LogP contribution in [0.3, 0.4) is 0 Å². The van der Waals surface area contributed by atoms with Gasteiger partial charge in [0.1, 0.15) is 12.1 Å². The molecule has 5 rings (SSSR count). The van der Waals surface area contributed by atoms with Crippen molar-refractivity contribution in [1.29, 1.82) is 5.26 Å². The lowest BCUT2D eigenvalue weighted by atomic mass is 10.0. The zero-order valence-corrected chi connectivity index (χ0v) is 20.5. The van der Waals surface area contributed by atoms with Crippen LogP contribution in [0.25, 0.3) is 11.4 Å². The molecule has 0 bridgehead atoms. The van der Waals surface area contributed by atoms with Crippen molar-refractivity contribution in [3.63, 3.8) is 0 Å². The van der Waals surface area contributed by atoms with E-state index >= 15 is 0 Å². The molecule has 13 nitrogen and oxygen atoms in total. The van der Waals surface area contributed by atoms with Gasteiger partial charge in [0, 0.05) is 37.3 Å². The van der Waals surface area contributed by atoms with E-state index in [9.17, 15) is 4.79 Å². The Morgan fingerprint density at radius 2 is 2.03 bits per heavy atom. The molecule has 1 aliphatic rings. The van der Waals surface area contributed by atoms with Crippen LogP contribution in [0.2, 0.25) is 0 Å². The van der Waals surface area contributed by atoms with E-state index in [0.29, 0.717) is 41.7 Å². The smallest absolute Gasteiger partial charge is 0.273 e. The van der Waals surface area contributed by atoms with Crippen LogP contribution >= 0.6 is 0 Å². The summed E-state index contributed by atoms with van der Waals surface area (Å²) in [6.45, 7) is -1.41. The minimum Gasteiger partial charge on any atom is -0.494 e. The number of carbonyl (C=O) groups is 1. The molecule has 0 saturated carbocycles. The summed E-state index contributed by atoms with van der Waals surface area (Å²) >= 11 is 0. The van der Waals surface area contributed by atoms with E-state index in [0.717, 1.165) is 5.69 Å². The Labute approximate surface area is 222 Å². The number of methoxy groups -OCH3 is 1. The molecule has 1 saturated heterocycles. The zero-order chi connectivity index (χ0) is 29.1. The lowest BCUT2D eigenvalue weighted by Crippen LogP contribution is -2.46. The maximum atomic E-state index is 12.8. The predicted molar refractivity (Wildman–Crippen MR) is 141 cm³/mol. The molecule has 0 spiro atoms. The molecule has 3 aromatic heterocycles. The first-order chi connectivity index (χ1) is 19.6. The number of para-hydroxylation sites is 1. The molecule has 4 aromatic rings. The number of amides is 1. The number of anilines is 5. The number of rotatable bonds is 8. The molecule has 0 unspecified atom stereocenters. The summed E-state index contributed by atoms with van der Waals surface area (Å²) in [6, 6.07) is 12.6. The highest BCUT2D eigenvalue weighted by Gasteiger charge is 2.26. The van der Waals surface area contributed by atoms with Crippen LogP contribution in [-0.2, 0) is 7.05 Å². The minimum absolute atomic E-state index is 0.0227.